The van der Waals surface area contributed by atoms with Gasteiger partial charge < -0.3 is 181 Å². The number of hydrogen-bond acceptors (Lipinski definition) is 36. The van der Waals surface area contributed by atoms with Crippen LogP contribution in [0, 0.1) is 0 Å². The molecule has 0 saturated heterocycles. The van der Waals surface area contributed by atoms with Gasteiger partial charge in [-0.1, -0.05) is 0 Å². The molecule has 36 nitrogen and oxygen atoms in total. The van der Waals surface area contributed by atoms with Crippen LogP contribution >= 0.6 is 0 Å². The Morgan fingerprint density at radius 3 is 0.102 bits per heavy atom. The molecule has 0 aliphatic rings. The Balaban J connectivity index is -0.0000000262. The number of rotatable bonds is 0. The minimum absolute atomic E-state index is 0. The van der Waals surface area contributed by atoms with Crippen molar-refractivity contribution in [3.05, 3.63) is 0 Å². The van der Waals surface area contributed by atoms with Gasteiger partial charge in [0.25, 0.3) is 0 Å². The van der Waals surface area contributed by atoms with Gasteiger partial charge in [0.15, 0.2) is 0 Å². The molecule has 49 heteroatoms. The van der Waals surface area contributed by atoms with Crippen LogP contribution in [0.3, 0.4) is 0 Å². The van der Waals surface area contributed by atoms with Crippen molar-refractivity contribution in [3.8, 4) is 0 Å². The van der Waals surface area contributed by atoms with Crippen LogP contribution in [0.5, 0.6) is 0 Å². The van der Waals surface area contributed by atoms with Gasteiger partial charge in [0.05, 0.1) is 0 Å². The van der Waals surface area contributed by atoms with Crippen molar-refractivity contribution >= 4 is 157 Å². The van der Waals surface area contributed by atoms with Gasteiger partial charge in [-0.25, -0.2) is 0 Å². The molecule has 0 aromatic heterocycles. The molecule has 0 unspecified atom stereocenters. The molecule has 0 aromatic carbocycles. The van der Waals surface area contributed by atoms with Gasteiger partial charge in [0.2, 0.25) is 0 Å². The second kappa shape index (κ2) is 82.7. The first-order chi connectivity index (χ1) is 20.8. The van der Waals surface area contributed by atoms with Gasteiger partial charge in [-0.2, -0.15) is 0 Å². The molecule has 0 bridgehead atoms. The Morgan fingerprint density at radius 1 is 0.102 bits per heavy atom. The van der Waals surface area contributed by atoms with E-state index in [2.05, 4.69) is 0 Å². The maximum absolute atomic E-state index is 7.17. The fraction of sp³-hybridized carbons (Fsp3) is 0. The van der Waals surface area contributed by atoms with Gasteiger partial charge in [-0.3, -0.25) is 0 Å². The van der Waals surface area contributed by atoms with E-state index < -0.39 is 87.9 Å². The van der Waals surface area contributed by atoms with Crippen LogP contribution in [-0.2, 0) is 0 Å². The topological polar surface area (TPSA) is 728 Å². The second-order valence-electron chi connectivity index (χ2n) is 4.16. The van der Waals surface area contributed by atoms with Crippen LogP contribution in [0.2, 0.25) is 0 Å². The van der Waals surface area contributed by atoms with Crippen LogP contribution in [0.25, 0.3) is 0 Å². The van der Waals surface area contributed by atoms with E-state index in [-0.39, 0.29) is 68.9 Å². The molecule has 0 aliphatic carbocycles. The predicted octanol–water partition coefficient (Wildman–Crippen LogP) is -25.3. The van der Waals surface area contributed by atoms with Crippen LogP contribution in [-0.4, -0.2) is 338 Å². The van der Waals surface area contributed by atoms with E-state index in [0.29, 0.717) is 0 Å². The summed E-state index contributed by atoms with van der Waals surface area (Å²) >= 11 is 0. The molecule has 0 rings (SSSR count). The summed E-state index contributed by atoms with van der Waals surface area (Å²) in [6.45, 7) is 0. The normalized spacial score (nSPS) is 6.61. The molecular formula is H37B12CsO36. The molecule has 0 heterocycles. The van der Waals surface area contributed by atoms with E-state index >= 15 is 0 Å². The van der Waals surface area contributed by atoms with Gasteiger partial charge in [-0.05, 0) is 0 Å². The fourth-order valence-corrected chi connectivity index (χ4v) is 0. The first kappa shape index (κ1) is 87.9. The van der Waals surface area contributed by atoms with Gasteiger partial charge in [0, 0.05) is 0 Å². The SMILES string of the molecule is OB(O)O.OB(O)O.OB(O)O.OB(O)O.OB(O)O.OB(O)O.OB(O)O.OB(O)O.OB(O)O.OB(O)O.OB(O)O.OB(O)O.[CsH]. The van der Waals surface area contributed by atoms with Gasteiger partial charge >= 0.3 is 157 Å². The van der Waals surface area contributed by atoms with Crippen molar-refractivity contribution in [2.24, 2.45) is 0 Å². The molecule has 0 aliphatic heterocycles. The zero-order valence-corrected chi connectivity index (χ0v) is 23.0. The molecule has 0 saturated carbocycles. The van der Waals surface area contributed by atoms with Crippen LogP contribution in [0.1, 0.15) is 0 Å². The predicted molar refractivity (Wildman–Crippen MR) is 156 cm³/mol. The van der Waals surface area contributed by atoms with Crippen LogP contribution in [0.4, 0.5) is 0 Å². The van der Waals surface area contributed by atoms with Crippen molar-refractivity contribution < 1.29 is 181 Å². The maximum atomic E-state index is 7.17. The van der Waals surface area contributed by atoms with Gasteiger partial charge in [-0.15, -0.1) is 0 Å². The van der Waals surface area contributed by atoms with Crippen LogP contribution < -0.4 is 0 Å². The summed E-state index contributed by atoms with van der Waals surface area (Å²) in [5.74, 6) is 0. The molecule has 36 N–H and O–H groups in total. The monoisotopic (exact) mass is 878 g/mol. The Morgan fingerprint density at radius 2 is 0.102 bits per heavy atom. The molecular weight excluding hydrogens is 839 g/mol. The standard InChI is InChI=1S/12BH3O3.Cs.H/c12*2-1(3)4;;/h12*2-4H;;. The summed E-state index contributed by atoms with van der Waals surface area (Å²) in [5, 5.41) is 258. The third-order valence-electron chi connectivity index (χ3n) is 0. The average molecular weight is 876 g/mol. The van der Waals surface area contributed by atoms with Crippen LogP contribution in [0.15, 0.2) is 0 Å². The molecule has 0 radical (unpaired) electrons. The third kappa shape index (κ3) is 57300. The Kier molecular flexibility index (Phi) is 148. The Bertz CT molecular complexity index is 232. The summed E-state index contributed by atoms with van der Waals surface area (Å²) in [5.41, 5.74) is 0. The van der Waals surface area contributed by atoms with E-state index in [1.165, 1.54) is 0 Å². The fourth-order valence-electron chi connectivity index (χ4n) is 0. The zero-order chi connectivity index (χ0) is 42.9. The minimum atomic E-state index is -2.17. The Labute approximate surface area is 334 Å². The summed E-state index contributed by atoms with van der Waals surface area (Å²) in [6, 6.07) is 0. The van der Waals surface area contributed by atoms with E-state index in [4.69, 9.17) is 181 Å². The summed E-state index contributed by atoms with van der Waals surface area (Å²) in [6.07, 6.45) is 0. The second-order valence-corrected chi connectivity index (χ2v) is 4.16. The van der Waals surface area contributed by atoms with E-state index in [9.17, 15) is 0 Å². The molecule has 290 valence electrons. The quantitative estimate of drug-likeness (QED) is 0.100. The van der Waals surface area contributed by atoms with E-state index in [1.807, 2.05) is 0 Å². The average Bonchev–Trinajstić information content (AvgIpc) is 2.61. The molecule has 49 heavy (non-hydrogen) atoms. The van der Waals surface area contributed by atoms with Crippen molar-refractivity contribution in [1.82, 2.24) is 0 Å². The van der Waals surface area contributed by atoms with Crippen molar-refractivity contribution in [2.45, 2.75) is 0 Å². The molecule has 0 spiro atoms. The van der Waals surface area contributed by atoms with E-state index in [1.54, 1.807) is 0 Å². The Hall–Kier alpha value is 1.39. The zero-order valence-electron chi connectivity index (χ0n) is 23.0. The first-order valence-corrected chi connectivity index (χ1v) is 9.30. The van der Waals surface area contributed by atoms with Crippen molar-refractivity contribution in [2.75, 3.05) is 0 Å². The molecule has 0 atom stereocenters. The van der Waals surface area contributed by atoms with Gasteiger partial charge in [0.1, 0.15) is 0 Å². The van der Waals surface area contributed by atoms with E-state index in [0.717, 1.165) is 0 Å². The third-order valence-corrected chi connectivity index (χ3v) is 0. The summed E-state index contributed by atoms with van der Waals surface area (Å²) in [4.78, 5) is 0. The van der Waals surface area contributed by atoms with Crippen molar-refractivity contribution in [1.29, 1.82) is 0 Å². The molecule has 0 fully saturated rings. The first-order valence-electron chi connectivity index (χ1n) is 9.30. The van der Waals surface area contributed by atoms with Crippen molar-refractivity contribution in [3.63, 3.8) is 0 Å². The summed E-state index contributed by atoms with van der Waals surface area (Å²) < 4.78 is 0. The number of hydrogen-bond donors (Lipinski definition) is 36. The molecule has 0 aromatic rings. The molecule has 0 amide bonds. The summed E-state index contributed by atoms with van der Waals surface area (Å²) in [7, 11) is -26.0.